The molecule has 140 valence electrons. The van der Waals surface area contributed by atoms with Crippen molar-refractivity contribution in [3.8, 4) is 0 Å². The van der Waals surface area contributed by atoms with E-state index in [9.17, 15) is 0 Å². The van der Waals surface area contributed by atoms with Crippen LogP contribution in [0.1, 0.15) is 57.3 Å². The van der Waals surface area contributed by atoms with E-state index in [1.807, 2.05) is 6.92 Å². The second kappa shape index (κ2) is 8.92. The summed E-state index contributed by atoms with van der Waals surface area (Å²) >= 11 is 0. The van der Waals surface area contributed by atoms with Gasteiger partial charge in [-0.15, -0.1) is 0 Å². The van der Waals surface area contributed by atoms with Gasteiger partial charge in [-0.25, -0.2) is 0 Å². The molecule has 0 spiro atoms. The Kier molecular flexibility index (Phi) is 6.62. The maximum absolute atomic E-state index is 5.53. The molecule has 2 fully saturated rings. The van der Waals surface area contributed by atoms with Crippen molar-refractivity contribution in [3.05, 3.63) is 23.4 Å². The van der Waals surface area contributed by atoms with E-state index in [-0.39, 0.29) is 6.04 Å². The van der Waals surface area contributed by atoms with E-state index in [4.69, 9.17) is 9.26 Å². The van der Waals surface area contributed by atoms with E-state index in [2.05, 4.69) is 40.3 Å². The van der Waals surface area contributed by atoms with Crippen LogP contribution in [0, 0.1) is 12.8 Å². The molecule has 2 aliphatic rings. The minimum atomic E-state index is 0.152. The number of hydrogen-bond acceptors (Lipinski definition) is 6. The Morgan fingerprint density at radius 1 is 1.24 bits per heavy atom. The van der Waals surface area contributed by atoms with Gasteiger partial charge >= 0.3 is 0 Å². The number of nitrogens with one attached hydrogen (secondary N) is 1. The number of nitrogens with zero attached hydrogens (tertiary/aromatic N) is 3. The Labute approximate surface area is 151 Å². The molecule has 0 unspecified atom stereocenters. The summed E-state index contributed by atoms with van der Waals surface area (Å²) in [6, 6.07) is 0.669. The standard InChI is InChI=1S/C19H32N4O2/c1-14(2)4-9-23-10-5-17(6-11-23)21-18(16-7-12-24-13-8-16)19-20-15(3)22-25-19/h4,16-18,21H,5-13H2,1-3H3/t18-/m1/s1. The molecule has 6 nitrogen and oxygen atoms in total. The van der Waals surface area contributed by atoms with E-state index in [0.29, 0.717) is 17.8 Å². The maximum atomic E-state index is 5.53. The fourth-order valence-corrected chi connectivity index (χ4v) is 3.75. The Morgan fingerprint density at radius 2 is 1.96 bits per heavy atom. The van der Waals surface area contributed by atoms with Gasteiger partial charge in [0.05, 0.1) is 6.04 Å². The number of hydrogen-bond donors (Lipinski definition) is 1. The van der Waals surface area contributed by atoms with Crippen molar-refractivity contribution in [2.45, 2.75) is 58.5 Å². The number of aryl methyl sites for hydroxylation is 1. The molecule has 0 aromatic carbocycles. The van der Waals surface area contributed by atoms with Crippen molar-refractivity contribution in [2.75, 3.05) is 32.8 Å². The van der Waals surface area contributed by atoms with Crippen molar-refractivity contribution >= 4 is 0 Å². The Balaban J connectivity index is 1.58. The van der Waals surface area contributed by atoms with Crippen LogP contribution in [0.4, 0.5) is 0 Å². The summed E-state index contributed by atoms with van der Waals surface area (Å²) in [5.74, 6) is 1.97. The van der Waals surface area contributed by atoms with Crippen molar-refractivity contribution in [1.82, 2.24) is 20.4 Å². The van der Waals surface area contributed by atoms with Crippen molar-refractivity contribution in [3.63, 3.8) is 0 Å². The molecule has 1 aromatic rings. The summed E-state index contributed by atoms with van der Waals surface area (Å²) in [4.78, 5) is 7.05. The zero-order valence-corrected chi connectivity index (χ0v) is 15.8. The summed E-state index contributed by atoms with van der Waals surface area (Å²) in [5, 5.41) is 7.85. The molecule has 0 saturated carbocycles. The number of likely N-dealkylation sites (tertiary alicyclic amines) is 1. The van der Waals surface area contributed by atoms with Gasteiger partial charge in [0.15, 0.2) is 5.82 Å². The third-order valence-electron chi connectivity index (χ3n) is 5.31. The number of piperidine rings is 1. The average Bonchev–Trinajstić information content (AvgIpc) is 3.05. The second-order valence-corrected chi connectivity index (χ2v) is 7.63. The molecular formula is C19H32N4O2. The van der Waals surface area contributed by atoms with Crippen LogP contribution in [0.15, 0.2) is 16.2 Å². The lowest BCUT2D eigenvalue weighted by molar-refractivity contribution is 0.0446. The van der Waals surface area contributed by atoms with Gasteiger partial charge < -0.3 is 14.6 Å². The van der Waals surface area contributed by atoms with Crippen LogP contribution in [0.25, 0.3) is 0 Å². The quantitative estimate of drug-likeness (QED) is 0.798. The van der Waals surface area contributed by atoms with E-state index < -0.39 is 0 Å². The highest BCUT2D eigenvalue weighted by Crippen LogP contribution is 2.30. The van der Waals surface area contributed by atoms with Crippen molar-refractivity contribution in [1.29, 1.82) is 0 Å². The normalized spacial score (nSPS) is 22.0. The van der Waals surface area contributed by atoms with Crippen LogP contribution in [0.5, 0.6) is 0 Å². The molecule has 1 aromatic heterocycles. The number of allylic oxidation sites excluding steroid dienone is 1. The first kappa shape index (κ1) is 18.5. The van der Waals surface area contributed by atoms with Crippen LogP contribution in [0.3, 0.4) is 0 Å². The highest BCUT2D eigenvalue weighted by atomic mass is 16.5. The summed E-state index contributed by atoms with van der Waals surface area (Å²) in [7, 11) is 0. The van der Waals surface area contributed by atoms with Gasteiger partial charge in [-0.3, -0.25) is 4.90 Å². The Bertz CT molecular complexity index is 554. The minimum absolute atomic E-state index is 0.152. The molecule has 0 bridgehead atoms. The van der Waals surface area contributed by atoms with Crippen molar-refractivity contribution < 1.29 is 9.26 Å². The second-order valence-electron chi connectivity index (χ2n) is 7.63. The van der Waals surface area contributed by atoms with E-state index in [0.717, 1.165) is 51.6 Å². The van der Waals surface area contributed by atoms with Crippen molar-refractivity contribution in [2.24, 2.45) is 5.92 Å². The SMILES string of the molecule is CC(C)=CCN1CCC(N[C@@H](c2nc(C)no2)C2CCOCC2)CC1. The topological polar surface area (TPSA) is 63.4 Å². The fraction of sp³-hybridized carbons (Fsp3) is 0.789. The molecule has 0 radical (unpaired) electrons. The summed E-state index contributed by atoms with van der Waals surface area (Å²) < 4.78 is 11.1. The largest absolute Gasteiger partial charge is 0.381 e. The number of rotatable bonds is 6. The van der Waals surface area contributed by atoms with Crippen LogP contribution < -0.4 is 5.32 Å². The molecule has 6 heteroatoms. The monoisotopic (exact) mass is 348 g/mol. The van der Waals surface area contributed by atoms with Crippen LogP contribution in [-0.4, -0.2) is 53.9 Å². The van der Waals surface area contributed by atoms with Crippen LogP contribution in [-0.2, 0) is 4.74 Å². The molecule has 2 saturated heterocycles. The first-order valence-electron chi connectivity index (χ1n) is 9.61. The van der Waals surface area contributed by atoms with E-state index in [1.54, 1.807) is 0 Å². The molecule has 0 aliphatic carbocycles. The number of ether oxygens (including phenoxy) is 1. The van der Waals surface area contributed by atoms with Gasteiger partial charge in [0.25, 0.3) is 0 Å². The smallest absolute Gasteiger partial charge is 0.244 e. The lowest BCUT2D eigenvalue weighted by Gasteiger charge is -2.36. The van der Waals surface area contributed by atoms with Gasteiger partial charge in [-0.1, -0.05) is 16.8 Å². The zero-order valence-electron chi connectivity index (χ0n) is 15.8. The molecular weight excluding hydrogens is 316 g/mol. The highest BCUT2D eigenvalue weighted by molar-refractivity contribution is 4.99. The van der Waals surface area contributed by atoms with Gasteiger partial charge in [-0.05, 0) is 65.5 Å². The first-order chi connectivity index (χ1) is 12.1. The maximum Gasteiger partial charge on any atom is 0.244 e. The predicted octanol–water partition coefficient (Wildman–Crippen LogP) is 2.87. The zero-order chi connectivity index (χ0) is 17.6. The lowest BCUT2D eigenvalue weighted by atomic mass is 9.90. The third-order valence-corrected chi connectivity index (χ3v) is 5.31. The number of aromatic nitrogens is 2. The molecule has 3 rings (SSSR count). The average molecular weight is 348 g/mol. The molecule has 3 heterocycles. The molecule has 1 atom stereocenters. The van der Waals surface area contributed by atoms with Gasteiger partial charge in [0.1, 0.15) is 0 Å². The Morgan fingerprint density at radius 3 is 2.56 bits per heavy atom. The summed E-state index contributed by atoms with van der Waals surface area (Å²) in [6.07, 6.45) is 6.77. The van der Waals surface area contributed by atoms with Crippen LogP contribution >= 0.6 is 0 Å². The molecule has 0 amide bonds. The first-order valence-corrected chi connectivity index (χ1v) is 9.61. The molecule has 1 N–H and O–H groups in total. The Hall–Kier alpha value is -1.24. The molecule has 2 aliphatic heterocycles. The lowest BCUT2D eigenvalue weighted by Crippen LogP contribution is -2.45. The molecule has 25 heavy (non-hydrogen) atoms. The summed E-state index contributed by atoms with van der Waals surface area (Å²) in [6.45, 7) is 11.2. The van der Waals surface area contributed by atoms with E-state index >= 15 is 0 Å². The predicted molar refractivity (Wildman–Crippen MR) is 97.3 cm³/mol. The fourth-order valence-electron chi connectivity index (χ4n) is 3.75. The summed E-state index contributed by atoms with van der Waals surface area (Å²) in [5.41, 5.74) is 1.39. The highest BCUT2D eigenvalue weighted by Gasteiger charge is 2.32. The van der Waals surface area contributed by atoms with Gasteiger partial charge in [0.2, 0.25) is 5.89 Å². The van der Waals surface area contributed by atoms with Gasteiger partial charge in [-0.2, -0.15) is 4.98 Å². The van der Waals surface area contributed by atoms with E-state index in [1.165, 1.54) is 18.4 Å². The van der Waals surface area contributed by atoms with Gasteiger partial charge in [0, 0.05) is 25.8 Å². The van der Waals surface area contributed by atoms with Crippen LogP contribution in [0.2, 0.25) is 0 Å². The minimum Gasteiger partial charge on any atom is -0.381 e. The third kappa shape index (κ3) is 5.36.